The van der Waals surface area contributed by atoms with Gasteiger partial charge in [-0.25, -0.2) is 9.59 Å². The van der Waals surface area contributed by atoms with Gasteiger partial charge in [0.25, 0.3) is 0 Å². The predicted octanol–water partition coefficient (Wildman–Crippen LogP) is 2.83. The normalized spacial score (nSPS) is 9.88. The van der Waals surface area contributed by atoms with Gasteiger partial charge in [0.05, 0.1) is 7.11 Å². The molecule has 0 aliphatic heterocycles. The number of benzene rings is 2. The van der Waals surface area contributed by atoms with Gasteiger partial charge in [-0.2, -0.15) is 0 Å². The lowest BCUT2D eigenvalue weighted by Gasteiger charge is -2.08. The summed E-state index contributed by atoms with van der Waals surface area (Å²) >= 11 is 0. The van der Waals surface area contributed by atoms with E-state index in [4.69, 9.17) is 19.7 Å². The molecule has 0 amide bonds. The van der Waals surface area contributed by atoms with Crippen molar-refractivity contribution in [3.05, 3.63) is 65.2 Å². The van der Waals surface area contributed by atoms with Gasteiger partial charge in [0.1, 0.15) is 23.7 Å². The molecule has 0 bridgehead atoms. The fourth-order valence-corrected chi connectivity index (χ4v) is 1.96. The number of ether oxygens (including phenoxy) is 2. The highest BCUT2D eigenvalue weighted by Gasteiger charge is 2.15. The molecular formula is C18H16O6. The second-order valence-corrected chi connectivity index (χ2v) is 4.88. The highest BCUT2D eigenvalue weighted by atomic mass is 16.5. The van der Waals surface area contributed by atoms with Crippen molar-refractivity contribution < 1.29 is 29.3 Å². The third-order valence-corrected chi connectivity index (χ3v) is 3.19. The zero-order chi connectivity index (χ0) is 17.5. The van der Waals surface area contributed by atoms with E-state index in [9.17, 15) is 9.59 Å². The zero-order valence-corrected chi connectivity index (χ0v) is 12.9. The minimum atomic E-state index is -1.49. The molecule has 0 heterocycles. The lowest BCUT2D eigenvalue weighted by atomic mass is 10.1. The Morgan fingerprint density at radius 3 is 2.25 bits per heavy atom. The minimum Gasteiger partial charge on any atom is -0.497 e. The Balaban J connectivity index is 2.10. The van der Waals surface area contributed by atoms with Crippen LogP contribution in [0.2, 0.25) is 0 Å². The van der Waals surface area contributed by atoms with Crippen molar-refractivity contribution in [2.75, 3.05) is 7.11 Å². The topological polar surface area (TPSA) is 93.1 Å². The van der Waals surface area contributed by atoms with Crippen LogP contribution in [0.5, 0.6) is 11.5 Å². The molecule has 0 aromatic heterocycles. The number of hydrogen-bond acceptors (Lipinski definition) is 4. The summed E-state index contributed by atoms with van der Waals surface area (Å²) in [5, 5.41) is 17.8. The Labute approximate surface area is 138 Å². The molecule has 0 saturated heterocycles. The number of rotatable bonds is 7. The first-order valence-corrected chi connectivity index (χ1v) is 7.03. The number of carboxylic acid groups (broad SMARTS) is 2. The molecule has 0 aliphatic rings. The summed E-state index contributed by atoms with van der Waals surface area (Å²) in [6.07, 6.45) is 1.09. The first kappa shape index (κ1) is 17.1. The van der Waals surface area contributed by atoms with Crippen LogP contribution in [0.3, 0.4) is 0 Å². The smallest absolute Gasteiger partial charge is 0.343 e. The van der Waals surface area contributed by atoms with Gasteiger partial charge in [0.15, 0.2) is 0 Å². The molecule has 0 aliphatic carbocycles. The summed E-state index contributed by atoms with van der Waals surface area (Å²) < 4.78 is 10.7. The van der Waals surface area contributed by atoms with Crippen molar-refractivity contribution in [2.24, 2.45) is 0 Å². The molecular weight excluding hydrogens is 312 g/mol. The molecule has 0 spiro atoms. The summed E-state index contributed by atoms with van der Waals surface area (Å²) in [4.78, 5) is 21.8. The van der Waals surface area contributed by atoms with Crippen LogP contribution in [0.1, 0.15) is 11.1 Å². The van der Waals surface area contributed by atoms with Gasteiger partial charge in [-0.1, -0.05) is 24.3 Å². The van der Waals surface area contributed by atoms with Gasteiger partial charge in [-0.05, 0) is 41.5 Å². The van der Waals surface area contributed by atoms with Crippen LogP contribution in [0.15, 0.2) is 54.1 Å². The molecule has 2 N–H and O–H groups in total. The summed E-state index contributed by atoms with van der Waals surface area (Å²) in [7, 11) is 1.59. The van der Waals surface area contributed by atoms with Crippen molar-refractivity contribution in [3.8, 4) is 11.5 Å². The van der Waals surface area contributed by atoms with Crippen LogP contribution in [-0.2, 0) is 16.2 Å². The first-order valence-electron chi connectivity index (χ1n) is 7.03. The monoisotopic (exact) mass is 328 g/mol. The molecule has 2 aromatic rings. The molecule has 24 heavy (non-hydrogen) atoms. The largest absolute Gasteiger partial charge is 0.497 e. The molecule has 0 atom stereocenters. The van der Waals surface area contributed by atoms with Gasteiger partial charge < -0.3 is 19.7 Å². The lowest BCUT2D eigenvalue weighted by molar-refractivity contribution is -0.140. The van der Waals surface area contributed by atoms with Gasteiger partial charge >= 0.3 is 11.9 Å². The molecule has 0 fully saturated rings. The van der Waals surface area contributed by atoms with Gasteiger partial charge in [0.2, 0.25) is 0 Å². The molecule has 0 saturated carbocycles. The average Bonchev–Trinajstić information content (AvgIpc) is 2.58. The number of carbonyl (C=O) groups is 2. The van der Waals surface area contributed by atoms with E-state index < -0.39 is 17.5 Å². The minimum absolute atomic E-state index is 0.321. The van der Waals surface area contributed by atoms with E-state index in [1.54, 1.807) is 31.4 Å². The van der Waals surface area contributed by atoms with Crippen molar-refractivity contribution in [3.63, 3.8) is 0 Å². The van der Waals surface area contributed by atoms with E-state index in [1.807, 2.05) is 24.3 Å². The fourth-order valence-electron chi connectivity index (χ4n) is 1.96. The van der Waals surface area contributed by atoms with Crippen LogP contribution < -0.4 is 9.47 Å². The van der Waals surface area contributed by atoms with Crippen LogP contribution in [0.4, 0.5) is 0 Å². The number of aliphatic carboxylic acids is 2. The highest BCUT2D eigenvalue weighted by Crippen LogP contribution is 2.18. The van der Waals surface area contributed by atoms with Crippen LogP contribution in [0, 0.1) is 0 Å². The first-order chi connectivity index (χ1) is 11.5. The fraction of sp³-hybridized carbons (Fsp3) is 0.111. The molecule has 0 radical (unpaired) electrons. The van der Waals surface area contributed by atoms with Crippen molar-refractivity contribution in [1.29, 1.82) is 0 Å². The Hall–Kier alpha value is -3.28. The van der Waals surface area contributed by atoms with E-state index in [1.165, 1.54) is 0 Å². The third kappa shape index (κ3) is 4.61. The van der Waals surface area contributed by atoms with Gasteiger partial charge in [0, 0.05) is 0 Å². The third-order valence-electron chi connectivity index (χ3n) is 3.19. The summed E-state index contributed by atoms with van der Waals surface area (Å²) in [6.45, 7) is 0.321. The maximum atomic E-state index is 10.9. The van der Waals surface area contributed by atoms with Crippen molar-refractivity contribution >= 4 is 18.0 Å². The summed E-state index contributed by atoms with van der Waals surface area (Å²) in [6, 6.07) is 13.9. The van der Waals surface area contributed by atoms with Crippen LogP contribution >= 0.6 is 0 Å². The standard InChI is InChI=1S/C18H16O6/c1-23-14-7-5-12(6-8-14)11-24-15-4-2-3-13(9-15)10-16(17(19)20)18(21)22/h2-10H,11H2,1H3,(H,19,20)(H,21,22). The maximum absolute atomic E-state index is 10.9. The van der Waals surface area contributed by atoms with E-state index in [0.29, 0.717) is 17.9 Å². The predicted molar refractivity (Wildman–Crippen MR) is 87.0 cm³/mol. The van der Waals surface area contributed by atoms with Crippen molar-refractivity contribution in [2.45, 2.75) is 6.61 Å². The van der Waals surface area contributed by atoms with Crippen LogP contribution in [-0.4, -0.2) is 29.3 Å². The number of carboxylic acids is 2. The van der Waals surface area contributed by atoms with Gasteiger partial charge in [-0.15, -0.1) is 0 Å². The average molecular weight is 328 g/mol. The van der Waals surface area contributed by atoms with E-state index in [0.717, 1.165) is 17.4 Å². The number of hydrogen-bond donors (Lipinski definition) is 2. The van der Waals surface area contributed by atoms with E-state index in [-0.39, 0.29) is 0 Å². The van der Waals surface area contributed by atoms with Gasteiger partial charge in [-0.3, -0.25) is 0 Å². The van der Waals surface area contributed by atoms with Crippen LogP contribution in [0.25, 0.3) is 6.08 Å². The Morgan fingerprint density at radius 1 is 1.00 bits per heavy atom. The van der Waals surface area contributed by atoms with E-state index in [2.05, 4.69) is 0 Å². The Kier molecular flexibility index (Phi) is 5.57. The molecule has 0 unspecified atom stereocenters. The maximum Gasteiger partial charge on any atom is 0.343 e. The second kappa shape index (κ2) is 7.82. The summed E-state index contributed by atoms with van der Waals surface area (Å²) in [5.41, 5.74) is 0.665. The SMILES string of the molecule is COc1ccc(COc2cccc(C=C(C(=O)O)C(=O)O)c2)cc1. The molecule has 6 heteroatoms. The Bertz CT molecular complexity index is 745. The lowest BCUT2D eigenvalue weighted by Crippen LogP contribution is -2.10. The molecule has 2 aromatic carbocycles. The Morgan fingerprint density at radius 2 is 1.67 bits per heavy atom. The molecule has 124 valence electrons. The second-order valence-electron chi connectivity index (χ2n) is 4.88. The molecule has 6 nitrogen and oxygen atoms in total. The highest BCUT2D eigenvalue weighted by molar-refractivity contribution is 6.16. The zero-order valence-electron chi connectivity index (χ0n) is 12.9. The summed E-state index contributed by atoms with van der Waals surface area (Å²) in [5.74, 6) is -1.73. The number of methoxy groups -OCH3 is 1. The van der Waals surface area contributed by atoms with E-state index >= 15 is 0 Å². The molecule has 2 rings (SSSR count). The quantitative estimate of drug-likeness (QED) is 0.461. The van der Waals surface area contributed by atoms with Crippen molar-refractivity contribution in [1.82, 2.24) is 0 Å².